The van der Waals surface area contributed by atoms with Gasteiger partial charge < -0.3 is 19.9 Å². The Morgan fingerprint density at radius 1 is 1.23 bits per heavy atom. The number of hydrogen-bond donors (Lipinski definition) is 1. The number of rotatable bonds is 6. The Hall–Kier alpha value is -2.61. The molecular weight excluding hydrogens is 352 g/mol. The van der Waals surface area contributed by atoms with Gasteiger partial charge in [0.25, 0.3) is 5.91 Å². The van der Waals surface area contributed by atoms with Gasteiger partial charge in [-0.3, -0.25) is 9.59 Å². The Balaban J connectivity index is 1.49. The van der Waals surface area contributed by atoms with Crippen molar-refractivity contribution in [3.63, 3.8) is 0 Å². The van der Waals surface area contributed by atoms with Gasteiger partial charge in [0.15, 0.2) is 5.13 Å². The first kappa shape index (κ1) is 18.2. The fraction of sp³-hybridized carbons (Fsp3) is 0.389. The molecule has 1 aromatic carbocycles. The number of nitrogens with one attached hydrogen (secondary N) is 1. The van der Waals surface area contributed by atoms with E-state index in [4.69, 9.17) is 4.74 Å². The Morgan fingerprint density at radius 2 is 2.00 bits per heavy atom. The summed E-state index contributed by atoms with van der Waals surface area (Å²) in [6.07, 6.45) is 1.78. The first-order valence-electron chi connectivity index (χ1n) is 8.61. The summed E-state index contributed by atoms with van der Waals surface area (Å²) in [4.78, 5) is 33.0. The highest BCUT2D eigenvalue weighted by Gasteiger charge is 2.23. The van der Waals surface area contributed by atoms with Crippen LogP contribution in [-0.4, -0.2) is 61.0 Å². The fourth-order valence-electron chi connectivity index (χ4n) is 2.82. The van der Waals surface area contributed by atoms with Gasteiger partial charge in [0.1, 0.15) is 5.75 Å². The molecule has 2 heterocycles. The minimum Gasteiger partial charge on any atom is -0.493 e. The van der Waals surface area contributed by atoms with Crippen LogP contribution in [0, 0.1) is 0 Å². The fourth-order valence-corrected chi connectivity index (χ4v) is 3.51. The summed E-state index contributed by atoms with van der Waals surface area (Å²) >= 11 is 1.60. The standard InChI is InChI=1S/C18H22N4O3S/c1-2-25-15-6-4-3-5-14(15)17(24)20-13-16(23)21-8-10-22(11-9-21)18-19-7-12-26-18/h3-7,12H,2,8-11,13H2,1H3,(H,20,24). The Morgan fingerprint density at radius 3 is 2.69 bits per heavy atom. The molecule has 26 heavy (non-hydrogen) atoms. The number of benzene rings is 1. The molecule has 1 N–H and O–H groups in total. The Kier molecular flexibility index (Phi) is 6.06. The van der Waals surface area contributed by atoms with Crippen molar-refractivity contribution >= 4 is 28.3 Å². The van der Waals surface area contributed by atoms with E-state index in [2.05, 4.69) is 15.2 Å². The summed E-state index contributed by atoms with van der Waals surface area (Å²) < 4.78 is 5.46. The summed E-state index contributed by atoms with van der Waals surface area (Å²) in [5.74, 6) is 0.145. The molecule has 8 heteroatoms. The number of anilines is 1. The van der Waals surface area contributed by atoms with Crippen LogP contribution in [0.5, 0.6) is 5.75 Å². The molecule has 7 nitrogen and oxygen atoms in total. The third-order valence-electron chi connectivity index (χ3n) is 4.15. The molecular formula is C18H22N4O3S. The number of aromatic nitrogens is 1. The van der Waals surface area contributed by atoms with E-state index >= 15 is 0 Å². The monoisotopic (exact) mass is 374 g/mol. The summed E-state index contributed by atoms with van der Waals surface area (Å²) in [6.45, 7) is 5.08. The van der Waals surface area contributed by atoms with Crippen molar-refractivity contribution in [3.8, 4) is 5.75 Å². The van der Waals surface area contributed by atoms with E-state index in [1.54, 1.807) is 40.6 Å². The number of ether oxygens (including phenoxy) is 1. The lowest BCUT2D eigenvalue weighted by Gasteiger charge is -2.34. The second-order valence-corrected chi connectivity index (χ2v) is 6.67. The minimum absolute atomic E-state index is 0.0173. The van der Waals surface area contributed by atoms with Crippen LogP contribution < -0.4 is 15.0 Å². The van der Waals surface area contributed by atoms with E-state index in [-0.39, 0.29) is 18.4 Å². The molecule has 2 amide bonds. The zero-order chi connectivity index (χ0) is 18.4. The highest BCUT2D eigenvalue weighted by molar-refractivity contribution is 7.13. The van der Waals surface area contributed by atoms with Crippen molar-refractivity contribution in [2.45, 2.75) is 6.92 Å². The van der Waals surface area contributed by atoms with Crippen LogP contribution in [0.4, 0.5) is 5.13 Å². The number of thiazole rings is 1. The lowest BCUT2D eigenvalue weighted by molar-refractivity contribution is -0.130. The lowest BCUT2D eigenvalue weighted by Crippen LogP contribution is -2.51. The van der Waals surface area contributed by atoms with Crippen LogP contribution in [-0.2, 0) is 4.79 Å². The number of carbonyl (C=O) groups excluding carboxylic acids is 2. The van der Waals surface area contributed by atoms with Crippen molar-refractivity contribution in [2.75, 3.05) is 44.2 Å². The molecule has 1 aliphatic heterocycles. The topological polar surface area (TPSA) is 74.8 Å². The molecule has 0 bridgehead atoms. The van der Waals surface area contributed by atoms with Gasteiger partial charge in [-0.25, -0.2) is 4.98 Å². The van der Waals surface area contributed by atoms with E-state index in [1.165, 1.54) is 0 Å². The third kappa shape index (κ3) is 4.32. The van der Waals surface area contributed by atoms with E-state index in [0.29, 0.717) is 31.0 Å². The number of amides is 2. The van der Waals surface area contributed by atoms with Crippen LogP contribution in [0.1, 0.15) is 17.3 Å². The first-order chi connectivity index (χ1) is 12.7. The maximum Gasteiger partial charge on any atom is 0.255 e. The molecule has 0 saturated carbocycles. The van der Waals surface area contributed by atoms with Gasteiger partial charge in [-0.2, -0.15) is 0 Å². The molecule has 1 saturated heterocycles. The predicted octanol–water partition coefficient (Wildman–Crippen LogP) is 1.62. The van der Waals surface area contributed by atoms with E-state index in [9.17, 15) is 9.59 Å². The maximum atomic E-state index is 12.4. The zero-order valence-electron chi connectivity index (χ0n) is 14.7. The normalized spacial score (nSPS) is 14.2. The number of carbonyl (C=O) groups is 2. The van der Waals surface area contributed by atoms with Crippen LogP contribution in [0.3, 0.4) is 0 Å². The van der Waals surface area contributed by atoms with Gasteiger partial charge in [-0.05, 0) is 19.1 Å². The second kappa shape index (κ2) is 8.66. The smallest absolute Gasteiger partial charge is 0.255 e. The van der Waals surface area contributed by atoms with Crippen molar-refractivity contribution in [3.05, 3.63) is 41.4 Å². The van der Waals surface area contributed by atoms with Gasteiger partial charge in [-0.15, -0.1) is 11.3 Å². The Bertz CT molecular complexity index is 743. The average molecular weight is 374 g/mol. The van der Waals surface area contributed by atoms with Crippen molar-refractivity contribution in [2.24, 2.45) is 0 Å². The quantitative estimate of drug-likeness (QED) is 0.832. The molecule has 2 aromatic rings. The number of nitrogens with zero attached hydrogens (tertiary/aromatic N) is 3. The van der Waals surface area contributed by atoms with Gasteiger partial charge >= 0.3 is 0 Å². The SMILES string of the molecule is CCOc1ccccc1C(=O)NCC(=O)N1CCN(c2nccs2)CC1. The zero-order valence-corrected chi connectivity index (χ0v) is 15.5. The summed E-state index contributed by atoms with van der Waals surface area (Å²) in [7, 11) is 0. The van der Waals surface area contributed by atoms with E-state index in [0.717, 1.165) is 18.2 Å². The van der Waals surface area contributed by atoms with Crippen molar-refractivity contribution < 1.29 is 14.3 Å². The van der Waals surface area contributed by atoms with Gasteiger partial charge in [0, 0.05) is 37.8 Å². The molecule has 0 aliphatic carbocycles. The highest BCUT2D eigenvalue weighted by atomic mass is 32.1. The predicted molar refractivity (Wildman–Crippen MR) is 101 cm³/mol. The van der Waals surface area contributed by atoms with Crippen LogP contribution in [0.25, 0.3) is 0 Å². The van der Waals surface area contributed by atoms with Gasteiger partial charge in [0.05, 0.1) is 18.7 Å². The number of hydrogen-bond acceptors (Lipinski definition) is 6. The number of para-hydroxylation sites is 1. The Labute approximate surface area is 156 Å². The molecule has 1 aliphatic rings. The molecule has 1 fully saturated rings. The summed E-state index contributed by atoms with van der Waals surface area (Å²) in [6, 6.07) is 7.03. The first-order valence-corrected chi connectivity index (χ1v) is 9.49. The summed E-state index contributed by atoms with van der Waals surface area (Å²) in [5, 5.41) is 5.63. The molecule has 3 rings (SSSR count). The minimum atomic E-state index is -0.302. The molecule has 0 atom stereocenters. The van der Waals surface area contributed by atoms with Gasteiger partial charge in [0.2, 0.25) is 5.91 Å². The largest absolute Gasteiger partial charge is 0.493 e. The van der Waals surface area contributed by atoms with Gasteiger partial charge in [-0.1, -0.05) is 12.1 Å². The molecule has 0 unspecified atom stereocenters. The van der Waals surface area contributed by atoms with Crippen LogP contribution in [0.2, 0.25) is 0 Å². The molecule has 1 aromatic heterocycles. The average Bonchev–Trinajstić information content (AvgIpc) is 3.21. The van der Waals surface area contributed by atoms with E-state index in [1.807, 2.05) is 18.4 Å². The van der Waals surface area contributed by atoms with Crippen LogP contribution >= 0.6 is 11.3 Å². The van der Waals surface area contributed by atoms with E-state index < -0.39 is 0 Å². The summed E-state index contributed by atoms with van der Waals surface area (Å²) in [5.41, 5.74) is 0.440. The lowest BCUT2D eigenvalue weighted by atomic mass is 10.2. The molecule has 0 radical (unpaired) electrons. The van der Waals surface area contributed by atoms with Crippen LogP contribution in [0.15, 0.2) is 35.8 Å². The second-order valence-electron chi connectivity index (χ2n) is 5.79. The van der Waals surface area contributed by atoms with Crippen molar-refractivity contribution in [1.29, 1.82) is 0 Å². The highest BCUT2D eigenvalue weighted by Crippen LogP contribution is 2.19. The maximum absolute atomic E-state index is 12.4. The molecule has 138 valence electrons. The third-order valence-corrected chi connectivity index (χ3v) is 4.99. The number of piperazine rings is 1. The molecule has 0 spiro atoms. The van der Waals surface area contributed by atoms with Crippen molar-refractivity contribution in [1.82, 2.24) is 15.2 Å².